The molecule has 0 radical (unpaired) electrons. The molecule has 2 heterocycles. The number of likely N-dealkylation sites (N-methyl/N-ethyl adjacent to an activating group) is 1. The summed E-state index contributed by atoms with van der Waals surface area (Å²) >= 11 is 5.79. The zero-order valence-electron chi connectivity index (χ0n) is 21.3. The quantitative estimate of drug-likeness (QED) is 0.259. The first kappa shape index (κ1) is 29.5. The van der Waals surface area contributed by atoms with E-state index >= 15 is 0 Å². The van der Waals surface area contributed by atoms with Crippen molar-refractivity contribution < 1.29 is 36.0 Å². The summed E-state index contributed by atoms with van der Waals surface area (Å²) in [6.45, 7) is -0.0454. The summed E-state index contributed by atoms with van der Waals surface area (Å²) in [7, 11) is -0.669. The van der Waals surface area contributed by atoms with Crippen molar-refractivity contribution >= 4 is 33.9 Å². The number of benzene rings is 1. The molecule has 0 N–H and O–H groups in total. The molecule has 0 aliphatic heterocycles. The third-order valence-corrected chi connectivity index (χ3v) is 8.45. The number of anilines is 1. The van der Waals surface area contributed by atoms with E-state index in [-0.39, 0.29) is 46.2 Å². The average Bonchev–Trinajstić information content (AvgIpc) is 2.92. The predicted molar refractivity (Wildman–Crippen MR) is 138 cm³/mol. The van der Waals surface area contributed by atoms with E-state index in [2.05, 4.69) is 19.8 Å². The molecular weight excluding hydrogens is 575 g/mol. The van der Waals surface area contributed by atoms with E-state index in [0.29, 0.717) is 29.3 Å². The van der Waals surface area contributed by atoms with Crippen molar-refractivity contribution in [1.82, 2.24) is 19.9 Å². The molecule has 1 fully saturated rings. The van der Waals surface area contributed by atoms with Gasteiger partial charge < -0.3 is 14.5 Å². The molecule has 10 nitrogen and oxygen atoms in total. The van der Waals surface area contributed by atoms with E-state index in [1.54, 1.807) is 6.07 Å². The van der Waals surface area contributed by atoms with Crippen molar-refractivity contribution in [3.05, 3.63) is 71.3 Å². The molecular formula is C25H25ClF3N5O5S. The van der Waals surface area contributed by atoms with Crippen LogP contribution in [0.25, 0.3) is 0 Å². The van der Waals surface area contributed by atoms with Crippen molar-refractivity contribution in [3.63, 3.8) is 0 Å². The lowest BCUT2D eigenvalue weighted by atomic mass is 9.79. The Labute approximate surface area is 233 Å². The summed E-state index contributed by atoms with van der Waals surface area (Å²) in [4.78, 5) is 28.9. The van der Waals surface area contributed by atoms with Gasteiger partial charge in [-0.15, -0.1) is 0 Å². The van der Waals surface area contributed by atoms with Crippen molar-refractivity contribution in [2.45, 2.75) is 48.4 Å². The molecule has 1 aliphatic rings. The summed E-state index contributed by atoms with van der Waals surface area (Å²) in [6.07, 6.45) is 0.156. The van der Waals surface area contributed by atoms with Gasteiger partial charge in [-0.1, -0.05) is 22.1 Å². The summed E-state index contributed by atoms with van der Waals surface area (Å²) in [5.41, 5.74) is -0.303. The second kappa shape index (κ2) is 11.9. The molecule has 0 unspecified atom stereocenters. The Morgan fingerprint density at radius 2 is 1.88 bits per heavy atom. The molecule has 0 spiro atoms. The number of ether oxygens (including phenoxy) is 1. The Kier molecular flexibility index (Phi) is 8.80. The van der Waals surface area contributed by atoms with Gasteiger partial charge in [-0.25, -0.2) is 15.0 Å². The lowest BCUT2D eigenvalue weighted by Gasteiger charge is -2.39. The molecule has 0 saturated heterocycles. The normalized spacial score (nSPS) is 19.7. The number of rotatable bonds is 9. The summed E-state index contributed by atoms with van der Waals surface area (Å²) in [6, 6.07) is 7.72. The number of carbonyl (C=O) groups excluding carboxylic acids is 1. The van der Waals surface area contributed by atoms with Gasteiger partial charge in [0.05, 0.1) is 16.8 Å². The monoisotopic (exact) mass is 599 g/mol. The van der Waals surface area contributed by atoms with E-state index < -0.39 is 21.8 Å². The zero-order valence-corrected chi connectivity index (χ0v) is 22.9. The Balaban J connectivity index is 1.50. The number of nitrogens with zero attached hydrogens (tertiary/aromatic N) is 5. The van der Waals surface area contributed by atoms with Gasteiger partial charge in [0.2, 0.25) is 5.88 Å². The van der Waals surface area contributed by atoms with Gasteiger partial charge in [0, 0.05) is 24.4 Å². The Hall–Kier alpha value is -3.49. The van der Waals surface area contributed by atoms with Gasteiger partial charge in [-0.2, -0.15) is 21.6 Å². The zero-order chi connectivity index (χ0) is 29.1. The van der Waals surface area contributed by atoms with E-state index in [1.807, 2.05) is 19.0 Å². The molecule has 4 rings (SSSR count). The average molecular weight is 600 g/mol. The second-order valence-corrected chi connectivity index (χ2v) is 11.4. The van der Waals surface area contributed by atoms with Crippen LogP contribution in [0.15, 0.2) is 60.0 Å². The number of carbonyl (C=O) groups is 1. The summed E-state index contributed by atoms with van der Waals surface area (Å²) in [5, 5.41) is -0.341. The maximum atomic E-state index is 13.4. The molecule has 3 aromatic rings. The highest BCUT2D eigenvalue weighted by atomic mass is 35.5. The minimum absolute atomic E-state index is 0.0454. The molecule has 2 aromatic heterocycles. The molecule has 1 aliphatic carbocycles. The largest absolute Gasteiger partial charge is 0.473 e. The molecule has 3 atom stereocenters. The van der Waals surface area contributed by atoms with Crippen LogP contribution in [-0.2, 0) is 25.8 Å². The van der Waals surface area contributed by atoms with Gasteiger partial charge >= 0.3 is 12.6 Å². The van der Waals surface area contributed by atoms with Crippen LogP contribution in [0.5, 0.6) is 5.88 Å². The van der Waals surface area contributed by atoms with Gasteiger partial charge in [0.15, 0.2) is 5.82 Å². The standard InChI is InChI=1S/C25H25ClF3N5O5S/c1-33(2)21-12-17(16-3-6-20(26)19(11-16)25(27,28)29)4-7-22(21)39-24-8-5-18(13-31-24)40(36,37)34(38-15-35)23-9-10-30-14-32-23/h3,5-6,8-11,13-15,17,21-22H,4,7,12H2,1-2H3/t17-,21-,22-/m0/s1. The lowest BCUT2D eigenvalue weighted by molar-refractivity contribution is -0.137. The Bertz CT molecular complexity index is 1430. The highest BCUT2D eigenvalue weighted by molar-refractivity contribution is 7.92. The molecule has 0 amide bonds. The number of halogens is 4. The Morgan fingerprint density at radius 3 is 2.48 bits per heavy atom. The third kappa shape index (κ3) is 6.45. The maximum Gasteiger partial charge on any atom is 0.417 e. The van der Waals surface area contributed by atoms with Crippen LogP contribution < -0.4 is 9.21 Å². The second-order valence-electron chi connectivity index (χ2n) is 9.27. The molecule has 15 heteroatoms. The van der Waals surface area contributed by atoms with Crippen LogP contribution >= 0.6 is 11.6 Å². The maximum absolute atomic E-state index is 13.4. The predicted octanol–water partition coefficient (Wildman–Crippen LogP) is 4.47. The van der Waals surface area contributed by atoms with Gasteiger partial charge in [-0.05, 0) is 63.0 Å². The summed E-state index contributed by atoms with van der Waals surface area (Å²) < 4.78 is 72.7. The fourth-order valence-electron chi connectivity index (χ4n) is 4.62. The van der Waals surface area contributed by atoms with Crippen molar-refractivity contribution in [2.75, 3.05) is 18.6 Å². The summed E-state index contributed by atoms with van der Waals surface area (Å²) in [5.74, 6) is -0.169. The first-order chi connectivity index (χ1) is 18.9. The lowest BCUT2D eigenvalue weighted by Crippen LogP contribution is -2.46. The van der Waals surface area contributed by atoms with Crippen LogP contribution in [0, 0.1) is 0 Å². The number of hydrogen-bond acceptors (Lipinski definition) is 9. The van der Waals surface area contributed by atoms with Crippen LogP contribution in [0.3, 0.4) is 0 Å². The number of pyridine rings is 1. The van der Waals surface area contributed by atoms with E-state index in [0.717, 1.165) is 18.6 Å². The van der Waals surface area contributed by atoms with Gasteiger partial charge in [-0.3, -0.25) is 4.79 Å². The van der Waals surface area contributed by atoms with Crippen LogP contribution in [0.1, 0.15) is 36.3 Å². The molecule has 1 saturated carbocycles. The number of alkyl halides is 3. The first-order valence-corrected chi connectivity index (χ1v) is 13.8. The number of sulfonamides is 1. The SMILES string of the molecule is CN(C)[C@H]1C[C@@H](c2ccc(Cl)c(C(F)(F)F)c2)CC[C@@H]1Oc1ccc(S(=O)(=O)N(OC=O)c2ccncn2)cn1. The Morgan fingerprint density at radius 1 is 1.10 bits per heavy atom. The van der Waals surface area contributed by atoms with Crippen LogP contribution in [0.2, 0.25) is 5.02 Å². The fourth-order valence-corrected chi connectivity index (χ4v) is 5.97. The van der Waals surface area contributed by atoms with Crippen LogP contribution in [-0.4, -0.2) is 61.0 Å². The van der Waals surface area contributed by atoms with E-state index in [9.17, 15) is 26.4 Å². The smallest absolute Gasteiger partial charge is 0.417 e. The molecule has 1 aromatic carbocycles. The van der Waals surface area contributed by atoms with Crippen molar-refractivity contribution in [1.29, 1.82) is 0 Å². The molecule has 40 heavy (non-hydrogen) atoms. The first-order valence-electron chi connectivity index (χ1n) is 12.0. The minimum Gasteiger partial charge on any atom is -0.473 e. The van der Waals surface area contributed by atoms with Gasteiger partial charge in [0.1, 0.15) is 17.3 Å². The number of hydrogen-bond donors (Lipinski definition) is 0. The van der Waals surface area contributed by atoms with E-state index in [4.69, 9.17) is 16.3 Å². The van der Waals surface area contributed by atoms with Crippen molar-refractivity contribution in [3.8, 4) is 5.88 Å². The molecule has 214 valence electrons. The highest BCUT2D eigenvalue weighted by Crippen LogP contribution is 2.41. The minimum atomic E-state index is -4.55. The molecule has 0 bridgehead atoms. The topological polar surface area (TPSA) is 115 Å². The fraction of sp³-hybridized carbons (Fsp3) is 0.360. The van der Waals surface area contributed by atoms with Crippen molar-refractivity contribution in [2.24, 2.45) is 0 Å². The third-order valence-electron chi connectivity index (χ3n) is 6.57. The van der Waals surface area contributed by atoms with Gasteiger partial charge in [0.25, 0.3) is 10.0 Å². The van der Waals surface area contributed by atoms with Crippen LogP contribution in [0.4, 0.5) is 19.0 Å². The van der Waals surface area contributed by atoms with E-state index in [1.165, 1.54) is 30.5 Å². The number of aromatic nitrogens is 3. The highest BCUT2D eigenvalue weighted by Gasteiger charge is 2.37.